The van der Waals surface area contributed by atoms with Crippen molar-refractivity contribution in [2.75, 3.05) is 11.2 Å². The lowest BCUT2D eigenvalue weighted by atomic mass is 10.5. The number of pyridine rings is 1. The van der Waals surface area contributed by atoms with Crippen LogP contribution in [-0.2, 0) is 6.42 Å². The van der Waals surface area contributed by atoms with Gasteiger partial charge in [0.1, 0.15) is 5.82 Å². The Balaban J connectivity index is 2.05. The Labute approximate surface area is 91.5 Å². The van der Waals surface area contributed by atoms with Gasteiger partial charge in [-0.2, -0.15) is 0 Å². The molecule has 0 saturated heterocycles. The number of alkyl halides is 1. The van der Waals surface area contributed by atoms with Gasteiger partial charge in [-0.05, 0) is 12.1 Å². The second kappa shape index (κ2) is 4.75. The van der Waals surface area contributed by atoms with Crippen molar-refractivity contribution in [2.24, 2.45) is 0 Å². The van der Waals surface area contributed by atoms with Crippen LogP contribution in [0.25, 0.3) is 0 Å². The third-order valence-corrected chi connectivity index (χ3v) is 1.86. The number of anilines is 2. The molecule has 0 aliphatic heterocycles. The summed E-state index contributed by atoms with van der Waals surface area (Å²) in [5.74, 6) is 1.65. The van der Waals surface area contributed by atoms with Gasteiger partial charge in [0.2, 0.25) is 5.89 Å². The molecule has 5 nitrogen and oxygen atoms in total. The van der Waals surface area contributed by atoms with Gasteiger partial charge in [-0.1, -0.05) is 11.2 Å². The van der Waals surface area contributed by atoms with Crippen LogP contribution in [-0.4, -0.2) is 21.1 Å². The normalized spacial score (nSPS) is 10.2. The van der Waals surface area contributed by atoms with Crippen LogP contribution < -0.4 is 5.32 Å². The molecule has 15 heavy (non-hydrogen) atoms. The Morgan fingerprint density at radius 2 is 2.27 bits per heavy atom. The van der Waals surface area contributed by atoms with Crippen LogP contribution in [0.15, 0.2) is 28.8 Å². The van der Waals surface area contributed by atoms with Gasteiger partial charge < -0.3 is 4.42 Å². The molecule has 2 aromatic rings. The monoisotopic (exact) mass is 224 g/mol. The maximum atomic E-state index is 5.54. The molecule has 78 valence electrons. The van der Waals surface area contributed by atoms with Crippen molar-refractivity contribution in [2.45, 2.75) is 6.42 Å². The minimum atomic E-state index is 0.328. The first-order chi connectivity index (χ1) is 7.38. The van der Waals surface area contributed by atoms with Crippen molar-refractivity contribution in [1.82, 2.24) is 15.2 Å². The summed E-state index contributed by atoms with van der Waals surface area (Å²) < 4.78 is 5.27. The lowest BCUT2D eigenvalue weighted by Gasteiger charge is -1.97. The SMILES string of the molecule is ClCCc1nnc(Nc2ccccn2)o1. The van der Waals surface area contributed by atoms with E-state index in [0.29, 0.717) is 30.0 Å². The van der Waals surface area contributed by atoms with E-state index >= 15 is 0 Å². The van der Waals surface area contributed by atoms with Gasteiger partial charge in [0, 0.05) is 18.5 Å². The Morgan fingerprint density at radius 3 is 3.00 bits per heavy atom. The molecule has 0 atom stereocenters. The molecule has 2 rings (SSSR count). The number of halogens is 1. The van der Waals surface area contributed by atoms with Gasteiger partial charge in [0.15, 0.2) is 0 Å². The maximum absolute atomic E-state index is 5.54. The molecule has 0 fully saturated rings. The largest absolute Gasteiger partial charge is 0.408 e. The second-order valence-electron chi connectivity index (χ2n) is 2.78. The minimum absolute atomic E-state index is 0.328. The van der Waals surface area contributed by atoms with Crippen molar-refractivity contribution >= 4 is 23.4 Å². The van der Waals surface area contributed by atoms with E-state index in [9.17, 15) is 0 Å². The van der Waals surface area contributed by atoms with E-state index < -0.39 is 0 Å². The third-order valence-electron chi connectivity index (χ3n) is 1.68. The van der Waals surface area contributed by atoms with Crippen molar-refractivity contribution < 1.29 is 4.42 Å². The molecule has 1 N–H and O–H groups in total. The maximum Gasteiger partial charge on any atom is 0.321 e. The zero-order chi connectivity index (χ0) is 10.5. The number of aryl methyl sites for hydroxylation is 1. The summed E-state index contributed by atoms with van der Waals surface area (Å²) in [4.78, 5) is 4.06. The number of aromatic nitrogens is 3. The highest BCUT2D eigenvalue weighted by Gasteiger charge is 2.05. The molecule has 0 unspecified atom stereocenters. The van der Waals surface area contributed by atoms with Crippen LogP contribution in [0, 0.1) is 0 Å². The van der Waals surface area contributed by atoms with E-state index in [-0.39, 0.29) is 0 Å². The van der Waals surface area contributed by atoms with E-state index in [1.807, 2.05) is 18.2 Å². The van der Waals surface area contributed by atoms with Gasteiger partial charge in [0.05, 0.1) is 0 Å². The summed E-state index contributed by atoms with van der Waals surface area (Å²) in [6.45, 7) is 0. The highest BCUT2D eigenvalue weighted by Crippen LogP contribution is 2.12. The molecule has 0 aliphatic carbocycles. The lowest BCUT2D eigenvalue weighted by molar-refractivity contribution is 0.516. The summed E-state index contributed by atoms with van der Waals surface area (Å²) >= 11 is 5.54. The number of hydrogen-bond donors (Lipinski definition) is 1. The molecule has 6 heteroatoms. The summed E-state index contributed by atoms with van der Waals surface area (Å²) in [6, 6.07) is 5.84. The fraction of sp³-hybridized carbons (Fsp3) is 0.222. The van der Waals surface area contributed by atoms with E-state index in [1.54, 1.807) is 6.20 Å². The van der Waals surface area contributed by atoms with Crippen molar-refractivity contribution in [3.63, 3.8) is 0 Å². The van der Waals surface area contributed by atoms with Crippen molar-refractivity contribution in [1.29, 1.82) is 0 Å². The van der Waals surface area contributed by atoms with Crippen LogP contribution in [0.4, 0.5) is 11.8 Å². The lowest BCUT2D eigenvalue weighted by Crippen LogP contribution is -1.92. The molecule has 0 amide bonds. The van der Waals surface area contributed by atoms with E-state index in [2.05, 4.69) is 20.5 Å². The van der Waals surface area contributed by atoms with Crippen LogP contribution >= 0.6 is 11.6 Å². The summed E-state index contributed by atoms with van der Waals surface area (Å²) in [5, 5.41) is 10.5. The van der Waals surface area contributed by atoms with E-state index in [1.165, 1.54) is 0 Å². The van der Waals surface area contributed by atoms with Crippen LogP contribution in [0.2, 0.25) is 0 Å². The van der Waals surface area contributed by atoms with Gasteiger partial charge >= 0.3 is 6.01 Å². The topological polar surface area (TPSA) is 63.8 Å². The summed E-state index contributed by atoms with van der Waals surface area (Å²) in [6.07, 6.45) is 2.25. The fourth-order valence-corrected chi connectivity index (χ4v) is 1.19. The molecular weight excluding hydrogens is 216 g/mol. The first-order valence-electron chi connectivity index (χ1n) is 4.45. The van der Waals surface area contributed by atoms with Crippen molar-refractivity contribution in [3.8, 4) is 0 Å². The highest BCUT2D eigenvalue weighted by atomic mass is 35.5. The van der Waals surface area contributed by atoms with Gasteiger partial charge in [-0.3, -0.25) is 5.32 Å². The molecular formula is C9H9ClN4O. The van der Waals surface area contributed by atoms with E-state index in [0.717, 1.165) is 0 Å². The van der Waals surface area contributed by atoms with Gasteiger partial charge in [0.25, 0.3) is 0 Å². The Hall–Kier alpha value is -1.62. The molecule has 0 saturated carbocycles. The molecule has 0 radical (unpaired) electrons. The number of nitrogens with one attached hydrogen (secondary N) is 1. The predicted molar refractivity (Wildman–Crippen MR) is 56.2 cm³/mol. The van der Waals surface area contributed by atoms with Crippen LogP contribution in [0.1, 0.15) is 5.89 Å². The van der Waals surface area contributed by atoms with Crippen LogP contribution in [0.3, 0.4) is 0 Å². The zero-order valence-corrected chi connectivity index (χ0v) is 8.61. The molecule has 0 bridgehead atoms. The second-order valence-corrected chi connectivity index (χ2v) is 3.16. The van der Waals surface area contributed by atoms with Gasteiger partial charge in [-0.25, -0.2) is 4.98 Å². The number of rotatable bonds is 4. The third kappa shape index (κ3) is 2.66. The highest BCUT2D eigenvalue weighted by molar-refractivity contribution is 6.17. The quantitative estimate of drug-likeness (QED) is 0.805. The Kier molecular flexibility index (Phi) is 3.14. The molecule has 0 spiro atoms. The minimum Gasteiger partial charge on any atom is -0.408 e. The molecule has 0 aliphatic rings. The average molecular weight is 225 g/mol. The standard InChI is InChI=1S/C9H9ClN4O/c10-5-4-8-13-14-9(15-8)12-7-3-1-2-6-11-7/h1-3,6H,4-5H2,(H,11,12,14). The summed E-state index contributed by atoms with van der Waals surface area (Å²) in [5.41, 5.74) is 0. The molecule has 0 aromatic carbocycles. The average Bonchev–Trinajstić information content (AvgIpc) is 2.68. The van der Waals surface area contributed by atoms with Crippen LogP contribution in [0.5, 0.6) is 0 Å². The Bertz CT molecular complexity index is 417. The van der Waals surface area contributed by atoms with E-state index in [4.69, 9.17) is 16.0 Å². The first-order valence-corrected chi connectivity index (χ1v) is 4.98. The van der Waals surface area contributed by atoms with Crippen molar-refractivity contribution in [3.05, 3.63) is 30.3 Å². The summed E-state index contributed by atoms with van der Waals surface area (Å²) in [7, 11) is 0. The Morgan fingerprint density at radius 1 is 1.33 bits per heavy atom. The zero-order valence-electron chi connectivity index (χ0n) is 7.85. The molecule has 2 heterocycles. The smallest absolute Gasteiger partial charge is 0.321 e. The fourth-order valence-electron chi connectivity index (χ4n) is 1.03. The molecule has 2 aromatic heterocycles. The number of nitrogens with zero attached hydrogens (tertiary/aromatic N) is 3. The predicted octanol–water partition coefficient (Wildman–Crippen LogP) is 1.99. The number of hydrogen-bond acceptors (Lipinski definition) is 5. The van der Waals surface area contributed by atoms with Gasteiger partial charge in [-0.15, -0.1) is 16.7 Å². The first kappa shape index (κ1) is 9.92.